The van der Waals surface area contributed by atoms with E-state index in [1.807, 2.05) is 37.3 Å². The summed E-state index contributed by atoms with van der Waals surface area (Å²) in [6.07, 6.45) is 0.0487. The number of anilines is 1. The van der Waals surface area contributed by atoms with Gasteiger partial charge in [0.1, 0.15) is 17.0 Å². The van der Waals surface area contributed by atoms with E-state index in [-0.39, 0.29) is 6.42 Å². The molecule has 2 N–H and O–H groups in total. The van der Waals surface area contributed by atoms with Gasteiger partial charge in [0.2, 0.25) is 11.8 Å². The van der Waals surface area contributed by atoms with Gasteiger partial charge in [-0.1, -0.05) is 42.5 Å². The van der Waals surface area contributed by atoms with Crippen LogP contribution in [0, 0.1) is 11.8 Å². The third-order valence-electron chi connectivity index (χ3n) is 7.24. The Morgan fingerprint density at radius 2 is 1.59 bits per heavy atom. The molecule has 2 aliphatic heterocycles. The summed E-state index contributed by atoms with van der Waals surface area (Å²) < 4.78 is 10.8. The van der Waals surface area contributed by atoms with Crippen LogP contribution in [0.3, 0.4) is 0 Å². The quantitative estimate of drug-likeness (QED) is 0.455. The number of carbonyl (C=O) groups excluding carboxylic acids is 2. The molecule has 2 fully saturated rings. The molecular formula is C29H28N2O6. The molecule has 37 heavy (non-hydrogen) atoms. The molecule has 5 rings (SSSR count). The van der Waals surface area contributed by atoms with Crippen molar-refractivity contribution in [1.29, 1.82) is 0 Å². The predicted octanol–water partition coefficient (Wildman–Crippen LogP) is 3.61. The summed E-state index contributed by atoms with van der Waals surface area (Å²) in [4.78, 5) is 41.9. The van der Waals surface area contributed by atoms with Crippen LogP contribution in [-0.2, 0) is 20.8 Å². The van der Waals surface area contributed by atoms with Crippen LogP contribution >= 0.6 is 0 Å². The highest BCUT2D eigenvalue weighted by atomic mass is 16.5. The molecule has 3 aromatic rings. The average molecular weight is 501 g/mol. The van der Waals surface area contributed by atoms with E-state index in [1.165, 1.54) is 0 Å². The fourth-order valence-corrected chi connectivity index (χ4v) is 5.57. The van der Waals surface area contributed by atoms with Crippen molar-refractivity contribution in [1.82, 2.24) is 5.32 Å². The number of rotatable bonds is 8. The minimum Gasteiger partial charge on any atom is -0.497 e. The molecule has 2 saturated heterocycles. The van der Waals surface area contributed by atoms with Crippen LogP contribution in [0.25, 0.3) is 0 Å². The molecule has 190 valence electrons. The molecule has 0 aromatic heterocycles. The molecule has 0 spiro atoms. The maximum atomic E-state index is 13.9. The Bertz CT molecular complexity index is 1310. The first-order valence-corrected chi connectivity index (χ1v) is 12.2. The molecule has 0 bridgehead atoms. The Labute approximate surface area is 214 Å². The zero-order chi connectivity index (χ0) is 26.2. The molecule has 0 saturated carbocycles. The molecule has 4 atom stereocenters. The first-order valence-electron chi connectivity index (χ1n) is 12.2. The second-order valence-corrected chi connectivity index (χ2v) is 9.28. The van der Waals surface area contributed by atoms with E-state index in [0.29, 0.717) is 29.4 Å². The van der Waals surface area contributed by atoms with E-state index in [2.05, 4.69) is 5.32 Å². The predicted molar refractivity (Wildman–Crippen MR) is 136 cm³/mol. The van der Waals surface area contributed by atoms with Crippen LogP contribution in [-0.4, -0.2) is 42.1 Å². The van der Waals surface area contributed by atoms with Gasteiger partial charge in [-0.25, -0.2) is 4.90 Å². The maximum Gasteiger partial charge on any atom is 0.325 e. The molecule has 0 unspecified atom stereocenters. The lowest BCUT2D eigenvalue weighted by Gasteiger charge is -2.31. The van der Waals surface area contributed by atoms with Gasteiger partial charge in [0.15, 0.2) is 0 Å². The van der Waals surface area contributed by atoms with Crippen LogP contribution in [0.5, 0.6) is 11.5 Å². The summed E-state index contributed by atoms with van der Waals surface area (Å²) in [5, 5.41) is 13.8. The van der Waals surface area contributed by atoms with Gasteiger partial charge in [-0.3, -0.25) is 19.7 Å². The molecule has 3 aromatic carbocycles. The summed E-state index contributed by atoms with van der Waals surface area (Å²) in [5.74, 6) is -2.87. The lowest BCUT2D eigenvalue weighted by molar-refractivity contribution is -0.148. The number of fused-ring (bicyclic) bond motifs is 1. The minimum atomic E-state index is -1.68. The van der Waals surface area contributed by atoms with Gasteiger partial charge in [-0.15, -0.1) is 0 Å². The highest BCUT2D eigenvalue weighted by Crippen LogP contribution is 2.51. The second kappa shape index (κ2) is 9.71. The van der Waals surface area contributed by atoms with Gasteiger partial charge in [0, 0.05) is 12.5 Å². The second-order valence-electron chi connectivity index (χ2n) is 9.28. The Morgan fingerprint density at radius 3 is 2.19 bits per heavy atom. The number of aliphatic carboxylic acids is 1. The van der Waals surface area contributed by atoms with Crippen LogP contribution in [0.4, 0.5) is 5.69 Å². The van der Waals surface area contributed by atoms with Crippen LogP contribution in [0.2, 0.25) is 0 Å². The summed E-state index contributed by atoms with van der Waals surface area (Å²) >= 11 is 0. The number of carboxylic acid groups (broad SMARTS) is 1. The Kier molecular flexibility index (Phi) is 6.43. The van der Waals surface area contributed by atoms with Gasteiger partial charge < -0.3 is 14.6 Å². The summed E-state index contributed by atoms with van der Waals surface area (Å²) in [7, 11) is 1.56. The topological polar surface area (TPSA) is 105 Å². The molecule has 2 heterocycles. The molecule has 0 radical (unpaired) electrons. The number of nitrogens with zero attached hydrogens (tertiary/aromatic N) is 1. The Hall–Kier alpha value is -4.17. The van der Waals surface area contributed by atoms with Crippen LogP contribution in [0.1, 0.15) is 24.1 Å². The number of ether oxygens (including phenoxy) is 2. The fourth-order valence-electron chi connectivity index (χ4n) is 5.57. The summed E-state index contributed by atoms with van der Waals surface area (Å²) in [6, 6.07) is 22.3. The fraction of sp³-hybridized carbons (Fsp3) is 0.276. The van der Waals surface area contributed by atoms with Crippen molar-refractivity contribution in [2.75, 3.05) is 18.6 Å². The van der Waals surface area contributed by atoms with Crippen molar-refractivity contribution in [3.8, 4) is 11.5 Å². The Balaban J connectivity index is 1.60. The number of imide groups is 1. The van der Waals surface area contributed by atoms with Crippen molar-refractivity contribution >= 4 is 23.5 Å². The minimum absolute atomic E-state index is 0.0487. The molecule has 0 aliphatic carbocycles. The first-order chi connectivity index (χ1) is 17.9. The smallest absolute Gasteiger partial charge is 0.325 e. The molecular weight excluding hydrogens is 472 g/mol. The number of benzene rings is 3. The highest BCUT2D eigenvalue weighted by Gasteiger charge is 2.68. The third kappa shape index (κ3) is 4.13. The lowest BCUT2D eigenvalue weighted by atomic mass is 9.76. The van der Waals surface area contributed by atoms with Crippen molar-refractivity contribution in [2.45, 2.75) is 24.9 Å². The average Bonchev–Trinajstić information content (AvgIpc) is 3.39. The van der Waals surface area contributed by atoms with Gasteiger partial charge in [0.05, 0.1) is 31.2 Å². The van der Waals surface area contributed by atoms with E-state index < -0.39 is 41.2 Å². The largest absolute Gasteiger partial charge is 0.497 e. The maximum absolute atomic E-state index is 13.9. The van der Waals surface area contributed by atoms with Gasteiger partial charge >= 0.3 is 5.97 Å². The number of carboxylic acids is 1. The van der Waals surface area contributed by atoms with Gasteiger partial charge in [-0.2, -0.15) is 0 Å². The number of amides is 2. The van der Waals surface area contributed by atoms with Gasteiger partial charge in [0.25, 0.3) is 0 Å². The molecule has 8 heteroatoms. The molecule has 8 nitrogen and oxygen atoms in total. The normalized spacial score (nSPS) is 24.7. The van der Waals surface area contributed by atoms with E-state index >= 15 is 0 Å². The summed E-state index contributed by atoms with van der Waals surface area (Å²) in [6.45, 7) is 2.36. The van der Waals surface area contributed by atoms with Crippen molar-refractivity contribution in [2.24, 2.45) is 11.8 Å². The number of carbonyl (C=O) groups is 3. The Morgan fingerprint density at radius 1 is 0.946 bits per heavy atom. The van der Waals surface area contributed by atoms with Crippen LogP contribution in [0.15, 0.2) is 78.9 Å². The van der Waals surface area contributed by atoms with Gasteiger partial charge in [-0.05, 0) is 54.4 Å². The van der Waals surface area contributed by atoms with E-state index in [4.69, 9.17) is 9.47 Å². The van der Waals surface area contributed by atoms with Crippen LogP contribution < -0.4 is 19.7 Å². The molecule has 2 aliphatic rings. The van der Waals surface area contributed by atoms with E-state index in [9.17, 15) is 19.5 Å². The number of hydrogen-bond acceptors (Lipinski definition) is 6. The third-order valence-corrected chi connectivity index (χ3v) is 7.24. The number of hydrogen-bond donors (Lipinski definition) is 2. The van der Waals surface area contributed by atoms with E-state index in [0.717, 1.165) is 10.5 Å². The standard InChI is InChI=1S/C29H28N2O6/c1-3-37-22-15-11-20(12-16-22)31-26(32)23-24(27(31)33)29(28(34)35,17-18-7-5-4-6-8-18)30-25(23)19-9-13-21(36-2)14-10-19/h4-16,23-25,30H,3,17H2,1-2H3,(H,34,35)/t23-,24+,25-,29+/m0/s1. The zero-order valence-electron chi connectivity index (χ0n) is 20.6. The van der Waals surface area contributed by atoms with Crippen molar-refractivity contribution in [3.63, 3.8) is 0 Å². The highest BCUT2D eigenvalue weighted by molar-refractivity contribution is 6.24. The number of nitrogens with one attached hydrogen (secondary N) is 1. The molecule has 2 amide bonds. The zero-order valence-corrected chi connectivity index (χ0v) is 20.6. The number of methoxy groups -OCH3 is 1. The lowest BCUT2D eigenvalue weighted by Crippen LogP contribution is -2.57. The monoisotopic (exact) mass is 500 g/mol. The SMILES string of the molecule is CCOc1ccc(N2C(=O)[C@@H]3[C@H](c4ccc(OC)cc4)N[C@@](Cc4ccccc4)(C(=O)O)[C@H]3C2=O)cc1. The summed E-state index contributed by atoms with van der Waals surface area (Å²) in [5.41, 5.74) is 0.178. The van der Waals surface area contributed by atoms with E-state index in [1.54, 1.807) is 55.6 Å². The van der Waals surface area contributed by atoms with Crippen molar-refractivity contribution in [3.05, 3.63) is 90.0 Å². The first kappa shape index (κ1) is 24.5. The van der Waals surface area contributed by atoms with Crippen molar-refractivity contribution < 1.29 is 29.0 Å².